The molecule has 0 unspecified atom stereocenters. The summed E-state index contributed by atoms with van der Waals surface area (Å²) in [6.07, 6.45) is 15.5. The summed E-state index contributed by atoms with van der Waals surface area (Å²) < 4.78 is 5.43. The maximum absolute atomic E-state index is 12.1. The molecule has 4 N–H and O–H groups in total. The van der Waals surface area contributed by atoms with Gasteiger partial charge in [-0.1, -0.05) is 65.8 Å². The highest BCUT2D eigenvalue weighted by molar-refractivity contribution is 5.72. The van der Waals surface area contributed by atoms with Crippen molar-refractivity contribution in [2.75, 3.05) is 13.1 Å². The predicted octanol–water partition coefficient (Wildman–Crippen LogP) is 5.23. The number of rotatable bonds is 11. The topological polar surface area (TPSA) is 78.3 Å². The molecule has 0 heterocycles. The van der Waals surface area contributed by atoms with Gasteiger partial charge in [-0.3, -0.25) is 4.79 Å². The minimum Gasteiger partial charge on any atom is -0.427 e. The van der Waals surface area contributed by atoms with Crippen molar-refractivity contribution in [1.29, 1.82) is 0 Å². The number of nitrogens with two attached hydrogens (primary N) is 2. The molecule has 0 saturated heterocycles. The fraction of sp³-hybridized carbons (Fsp3) is 0.346. The molecule has 0 saturated carbocycles. The van der Waals surface area contributed by atoms with Gasteiger partial charge in [-0.05, 0) is 75.4 Å². The van der Waals surface area contributed by atoms with Gasteiger partial charge in [-0.25, -0.2) is 0 Å². The van der Waals surface area contributed by atoms with E-state index in [-0.39, 0.29) is 5.97 Å². The van der Waals surface area contributed by atoms with Crippen molar-refractivity contribution in [2.24, 2.45) is 11.5 Å². The molecule has 0 atom stereocenters. The lowest BCUT2D eigenvalue weighted by atomic mass is 10.0. The zero-order chi connectivity index (χ0) is 21.8. The molecular weight excluding hydrogens is 372 g/mol. The van der Waals surface area contributed by atoms with Crippen molar-refractivity contribution in [2.45, 2.75) is 45.4 Å². The second-order valence-corrected chi connectivity index (χ2v) is 7.61. The molecule has 4 nitrogen and oxygen atoms in total. The molecule has 1 aromatic carbocycles. The van der Waals surface area contributed by atoms with Crippen LogP contribution in [0.15, 0.2) is 77.9 Å². The van der Waals surface area contributed by atoms with Gasteiger partial charge in [0.25, 0.3) is 0 Å². The second kappa shape index (κ2) is 12.8. The van der Waals surface area contributed by atoms with Crippen LogP contribution in [-0.4, -0.2) is 19.1 Å². The SMILES string of the molecule is C=C(C)c1ccc(OC(=O)CCCC2=CC=C(C=C(CCN)CCN)C=CC2)cc1. The Morgan fingerprint density at radius 1 is 1.10 bits per heavy atom. The van der Waals surface area contributed by atoms with E-state index in [2.05, 4.69) is 37.0 Å². The second-order valence-electron chi connectivity index (χ2n) is 7.61. The molecular formula is C26H34N2O2. The van der Waals surface area contributed by atoms with E-state index < -0.39 is 0 Å². The number of ether oxygens (including phenoxy) is 1. The summed E-state index contributed by atoms with van der Waals surface area (Å²) in [5, 5.41) is 0. The maximum Gasteiger partial charge on any atom is 0.311 e. The van der Waals surface area contributed by atoms with Crippen LogP contribution in [0.2, 0.25) is 0 Å². The minimum absolute atomic E-state index is 0.199. The number of esters is 1. The van der Waals surface area contributed by atoms with Crippen LogP contribution in [0, 0.1) is 0 Å². The van der Waals surface area contributed by atoms with Crippen LogP contribution in [0.5, 0.6) is 5.75 Å². The highest BCUT2D eigenvalue weighted by Crippen LogP contribution is 2.21. The van der Waals surface area contributed by atoms with E-state index in [9.17, 15) is 4.79 Å². The molecule has 0 amide bonds. The molecule has 160 valence electrons. The molecule has 2 rings (SSSR count). The van der Waals surface area contributed by atoms with Gasteiger partial charge in [-0.15, -0.1) is 0 Å². The molecule has 0 bridgehead atoms. The molecule has 1 aliphatic rings. The Balaban J connectivity index is 1.84. The fourth-order valence-corrected chi connectivity index (χ4v) is 3.29. The molecule has 1 aliphatic carbocycles. The molecule has 0 aliphatic heterocycles. The molecule has 0 fully saturated rings. The number of allylic oxidation sites excluding steroid dienone is 8. The zero-order valence-corrected chi connectivity index (χ0v) is 18.0. The van der Waals surface area contributed by atoms with E-state index in [1.165, 1.54) is 16.7 Å². The molecule has 0 aromatic heterocycles. The lowest BCUT2D eigenvalue weighted by molar-refractivity contribution is -0.134. The van der Waals surface area contributed by atoms with E-state index in [1.807, 2.05) is 31.2 Å². The Hall–Kier alpha value is -2.69. The van der Waals surface area contributed by atoms with Gasteiger partial charge < -0.3 is 16.2 Å². The molecule has 0 spiro atoms. The summed E-state index contributed by atoms with van der Waals surface area (Å²) in [6.45, 7) is 7.13. The Morgan fingerprint density at radius 3 is 2.43 bits per heavy atom. The van der Waals surface area contributed by atoms with Crippen molar-refractivity contribution in [3.05, 3.63) is 83.5 Å². The average molecular weight is 407 g/mol. The van der Waals surface area contributed by atoms with E-state index >= 15 is 0 Å². The summed E-state index contributed by atoms with van der Waals surface area (Å²) in [4.78, 5) is 12.1. The van der Waals surface area contributed by atoms with Gasteiger partial charge in [0.1, 0.15) is 5.75 Å². The standard InChI is InChI=1S/C26H34N2O2/c1-20(2)24-11-13-25(14-12-24)30-26(29)8-4-6-21-5-3-7-22(10-9-21)19-23(15-17-27)16-18-28/h3,7,9-14,19H,1,4-6,8,15-18,27-28H2,2H3. The normalized spacial score (nSPS) is 13.2. The number of benzene rings is 1. The zero-order valence-electron chi connectivity index (χ0n) is 18.0. The highest BCUT2D eigenvalue weighted by atomic mass is 16.5. The van der Waals surface area contributed by atoms with Gasteiger partial charge in [0.2, 0.25) is 0 Å². The van der Waals surface area contributed by atoms with E-state index in [1.54, 1.807) is 0 Å². The summed E-state index contributed by atoms with van der Waals surface area (Å²) in [5.41, 5.74) is 17.2. The van der Waals surface area contributed by atoms with E-state index in [4.69, 9.17) is 16.2 Å². The largest absolute Gasteiger partial charge is 0.427 e. The quantitative estimate of drug-likeness (QED) is 0.389. The van der Waals surface area contributed by atoms with Crippen LogP contribution in [0.3, 0.4) is 0 Å². The predicted molar refractivity (Wildman–Crippen MR) is 126 cm³/mol. The van der Waals surface area contributed by atoms with E-state index in [0.717, 1.165) is 43.2 Å². The van der Waals surface area contributed by atoms with Crippen LogP contribution in [0.4, 0.5) is 0 Å². The van der Waals surface area contributed by atoms with Crippen molar-refractivity contribution in [1.82, 2.24) is 0 Å². The average Bonchev–Trinajstić information content (AvgIpc) is 2.94. The molecule has 0 radical (unpaired) electrons. The van der Waals surface area contributed by atoms with Crippen molar-refractivity contribution < 1.29 is 9.53 Å². The Morgan fingerprint density at radius 2 is 1.80 bits per heavy atom. The molecule has 30 heavy (non-hydrogen) atoms. The van der Waals surface area contributed by atoms with Crippen LogP contribution in [-0.2, 0) is 4.79 Å². The van der Waals surface area contributed by atoms with Gasteiger partial charge in [0, 0.05) is 6.42 Å². The smallest absolute Gasteiger partial charge is 0.311 e. The summed E-state index contributed by atoms with van der Waals surface area (Å²) >= 11 is 0. The third-order valence-corrected chi connectivity index (χ3v) is 4.96. The van der Waals surface area contributed by atoms with Crippen LogP contribution < -0.4 is 16.2 Å². The third kappa shape index (κ3) is 8.36. The first-order valence-corrected chi connectivity index (χ1v) is 10.6. The van der Waals surface area contributed by atoms with Crippen molar-refractivity contribution in [3.63, 3.8) is 0 Å². The first-order chi connectivity index (χ1) is 14.5. The van der Waals surface area contributed by atoms with Gasteiger partial charge in [0.15, 0.2) is 0 Å². The summed E-state index contributed by atoms with van der Waals surface area (Å²) in [6, 6.07) is 7.45. The highest BCUT2D eigenvalue weighted by Gasteiger charge is 2.07. The summed E-state index contributed by atoms with van der Waals surface area (Å²) in [5.74, 6) is 0.377. The lowest BCUT2D eigenvalue weighted by Gasteiger charge is -2.06. The van der Waals surface area contributed by atoms with Gasteiger partial charge >= 0.3 is 5.97 Å². The summed E-state index contributed by atoms with van der Waals surface area (Å²) in [7, 11) is 0. The minimum atomic E-state index is -0.199. The van der Waals surface area contributed by atoms with Crippen molar-refractivity contribution >= 4 is 11.5 Å². The first kappa shape index (κ1) is 23.6. The number of hydrogen-bond donors (Lipinski definition) is 2. The van der Waals surface area contributed by atoms with Crippen LogP contribution >= 0.6 is 0 Å². The van der Waals surface area contributed by atoms with Crippen LogP contribution in [0.1, 0.15) is 51.0 Å². The molecule has 4 heteroatoms. The third-order valence-electron chi connectivity index (χ3n) is 4.96. The monoisotopic (exact) mass is 406 g/mol. The van der Waals surface area contributed by atoms with Crippen LogP contribution in [0.25, 0.3) is 5.57 Å². The number of carbonyl (C=O) groups is 1. The van der Waals surface area contributed by atoms with Crippen molar-refractivity contribution in [3.8, 4) is 5.75 Å². The first-order valence-electron chi connectivity index (χ1n) is 10.6. The number of hydrogen-bond acceptors (Lipinski definition) is 4. The Labute approximate surface area is 180 Å². The lowest BCUT2D eigenvalue weighted by Crippen LogP contribution is -2.07. The van der Waals surface area contributed by atoms with Gasteiger partial charge in [-0.2, -0.15) is 0 Å². The maximum atomic E-state index is 12.1. The Kier molecular flexibility index (Phi) is 10.1. The molecule has 1 aromatic rings. The fourth-order valence-electron chi connectivity index (χ4n) is 3.29. The Bertz CT molecular complexity index is 834. The number of carbonyl (C=O) groups excluding carboxylic acids is 1. The van der Waals surface area contributed by atoms with Gasteiger partial charge in [0.05, 0.1) is 0 Å². The van der Waals surface area contributed by atoms with E-state index in [0.29, 0.717) is 25.3 Å².